The number of carbonyl (C=O) groups is 1. The molecule has 21 heavy (non-hydrogen) atoms. The number of ether oxygens (including phenoxy) is 1. The molecule has 1 atom stereocenters. The maximum atomic E-state index is 11.3. The van der Waals surface area contributed by atoms with Crippen molar-refractivity contribution in [1.82, 2.24) is 0 Å². The highest BCUT2D eigenvalue weighted by Gasteiger charge is 2.09. The lowest BCUT2D eigenvalue weighted by Gasteiger charge is -2.18. The van der Waals surface area contributed by atoms with E-state index in [2.05, 4.69) is 33.8 Å². The van der Waals surface area contributed by atoms with Crippen molar-refractivity contribution in [2.75, 3.05) is 6.61 Å². The van der Waals surface area contributed by atoms with Crippen LogP contribution in [0.2, 0.25) is 0 Å². The molecule has 0 aromatic heterocycles. The molecule has 0 aromatic carbocycles. The number of hydrogen-bond donors (Lipinski definition) is 0. The van der Waals surface area contributed by atoms with Crippen molar-refractivity contribution < 1.29 is 9.53 Å². The second-order valence-electron chi connectivity index (χ2n) is 7.19. The summed E-state index contributed by atoms with van der Waals surface area (Å²) < 4.78 is 4.88. The van der Waals surface area contributed by atoms with Crippen molar-refractivity contribution in [3.05, 3.63) is 23.8 Å². The van der Waals surface area contributed by atoms with E-state index in [0.717, 1.165) is 12.0 Å². The summed E-state index contributed by atoms with van der Waals surface area (Å²) in [4.78, 5) is 11.3. The van der Waals surface area contributed by atoms with Crippen molar-refractivity contribution >= 4 is 5.97 Å². The van der Waals surface area contributed by atoms with E-state index < -0.39 is 0 Å². The fourth-order valence-electron chi connectivity index (χ4n) is 2.17. The molecule has 0 rings (SSSR count). The summed E-state index contributed by atoms with van der Waals surface area (Å²) in [5, 5.41) is 0. The van der Waals surface area contributed by atoms with E-state index in [1.54, 1.807) is 6.08 Å². The number of rotatable bonds is 9. The van der Waals surface area contributed by atoms with Crippen molar-refractivity contribution in [2.24, 2.45) is 11.3 Å². The summed E-state index contributed by atoms with van der Waals surface area (Å²) in [5.41, 5.74) is 1.41. The van der Waals surface area contributed by atoms with Crippen molar-refractivity contribution in [3.63, 3.8) is 0 Å². The molecule has 1 unspecified atom stereocenters. The van der Waals surface area contributed by atoms with E-state index in [0.29, 0.717) is 17.9 Å². The van der Waals surface area contributed by atoms with Gasteiger partial charge in [0.1, 0.15) is 0 Å². The zero-order chi connectivity index (χ0) is 16.3. The molecular formula is C19H34O2. The fraction of sp³-hybridized carbons (Fsp3) is 0.737. The van der Waals surface area contributed by atoms with E-state index in [1.165, 1.54) is 25.7 Å². The predicted molar refractivity (Wildman–Crippen MR) is 91.2 cm³/mol. The van der Waals surface area contributed by atoms with Gasteiger partial charge in [0.05, 0.1) is 6.61 Å². The third-order valence-corrected chi connectivity index (χ3v) is 3.43. The third kappa shape index (κ3) is 13.7. The Morgan fingerprint density at radius 3 is 2.48 bits per heavy atom. The van der Waals surface area contributed by atoms with Crippen LogP contribution in [0, 0.1) is 11.3 Å². The summed E-state index contributed by atoms with van der Waals surface area (Å²) in [6.07, 6.45) is 12.0. The van der Waals surface area contributed by atoms with Gasteiger partial charge in [-0.15, -0.1) is 0 Å². The molecule has 2 nitrogen and oxygen atoms in total. The largest absolute Gasteiger partial charge is 0.463 e. The quantitative estimate of drug-likeness (QED) is 0.236. The van der Waals surface area contributed by atoms with Crippen molar-refractivity contribution in [1.29, 1.82) is 0 Å². The highest BCUT2D eigenvalue weighted by atomic mass is 16.5. The molecule has 0 N–H and O–H groups in total. The molecule has 2 heteroatoms. The second kappa shape index (κ2) is 10.6. The van der Waals surface area contributed by atoms with Crippen LogP contribution in [0.4, 0.5) is 0 Å². The van der Waals surface area contributed by atoms with Gasteiger partial charge < -0.3 is 4.74 Å². The molecule has 0 saturated heterocycles. The van der Waals surface area contributed by atoms with Crippen LogP contribution in [0.25, 0.3) is 0 Å². The van der Waals surface area contributed by atoms with Crippen molar-refractivity contribution in [2.45, 2.75) is 73.6 Å². The van der Waals surface area contributed by atoms with Crippen LogP contribution in [0.1, 0.15) is 73.6 Å². The lowest BCUT2D eigenvalue weighted by atomic mass is 9.88. The first-order valence-electron chi connectivity index (χ1n) is 8.26. The first kappa shape index (κ1) is 19.9. The van der Waals surface area contributed by atoms with Gasteiger partial charge >= 0.3 is 5.97 Å². The summed E-state index contributed by atoms with van der Waals surface area (Å²) in [6.45, 7) is 13.4. The highest BCUT2D eigenvalue weighted by molar-refractivity contribution is 5.83. The van der Waals surface area contributed by atoms with Gasteiger partial charge in [0, 0.05) is 6.08 Å². The zero-order valence-electron chi connectivity index (χ0n) is 14.9. The lowest BCUT2D eigenvalue weighted by Crippen LogP contribution is -2.04. The van der Waals surface area contributed by atoms with Crippen LogP contribution in [-0.2, 0) is 9.53 Å². The van der Waals surface area contributed by atoms with Gasteiger partial charge in [0.2, 0.25) is 0 Å². The van der Waals surface area contributed by atoms with Crippen LogP contribution >= 0.6 is 0 Å². The molecule has 0 aliphatic rings. The number of carbonyl (C=O) groups excluding carboxylic acids is 1. The SMILES string of the molecule is CCOC(=O)/C=C(C)/C=C/CC(C)CCCCC(C)(C)C. The number of unbranched alkanes of at least 4 members (excludes halogenated alkanes) is 1. The van der Waals surface area contributed by atoms with E-state index in [1.807, 2.05) is 19.9 Å². The maximum absolute atomic E-state index is 11.3. The summed E-state index contributed by atoms with van der Waals surface area (Å²) in [7, 11) is 0. The molecule has 0 heterocycles. The minimum atomic E-state index is -0.255. The lowest BCUT2D eigenvalue weighted by molar-refractivity contribution is -0.137. The Kier molecular flexibility index (Phi) is 10.1. The van der Waals surface area contributed by atoms with Crippen LogP contribution in [0.15, 0.2) is 23.8 Å². The van der Waals surface area contributed by atoms with Gasteiger partial charge in [-0.3, -0.25) is 0 Å². The Morgan fingerprint density at radius 1 is 1.24 bits per heavy atom. The van der Waals surface area contributed by atoms with E-state index in [-0.39, 0.29) is 5.97 Å². The summed E-state index contributed by atoms with van der Waals surface area (Å²) in [5.74, 6) is 0.450. The third-order valence-electron chi connectivity index (χ3n) is 3.43. The summed E-state index contributed by atoms with van der Waals surface area (Å²) in [6, 6.07) is 0. The second-order valence-corrected chi connectivity index (χ2v) is 7.19. The van der Waals surface area contributed by atoms with Gasteiger partial charge in [-0.2, -0.15) is 0 Å². The van der Waals surface area contributed by atoms with Crippen LogP contribution in [-0.4, -0.2) is 12.6 Å². The zero-order valence-corrected chi connectivity index (χ0v) is 14.9. The molecule has 122 valence electrons. The van der Waals surface area contributed by atoms with Gasteiger partial charge in [-0.05, 0) is 43.6 Å². The van der Waals surface area contributed by atoms with Crippen LogP contribution in [0.5, 0.6) is 0 Å². The van der Waals surface area contributed by atoms with Gasteiger partial charge in [-0.25, -0.2) is 4.79 Å². The van der Waals surface area contributed by atoms with Gasteiger partial charge in [-0.1, -0.05) is 59.1 Å². The predicted octanol–water partition coefficient (Wildman–Crippen LogP) is 5.68. The molecule has 0 aliphatic heterocycles. The maximum Gasteiger partial charge on any atom is 0.330 e. The van der Waals surface area contributed by atoms with E-state index in [4.69, 9.17) is 4.74 Å². The minimum absolute atomic E-state index is 0.255. The Morgan fingerprint density at radius 2 is 1.90 bits per heavy atom. The smallest absolute Gasteiger partial charge is 0.330 e. The van der Waals surface area contributed by atoms with Crippen LogP contribution < -0.4 is 0 Å². The first-order chi connectivity index (χ1) is 9.74. The monoisotopic (exact) mass is 294 g/mol. The Labute approximate surface area is 131 Å². The van der Waals surface area contributed by atoms with Gasteiger partial charge in [0.15, 0.2) is 0 Å². The molecule has 0 aliphatic carbocycles. The minimum Gasteiger partial charge on any atom is -0.463 e. The molecule has 0 radical (unpaired) electrons. The number of esters is 1. The number of hydrogen-bond acceptors (Lipinski definition) is 2. The Bertz CT molecular complexity index is 345. The summed E-state index contributed by atoms with van der Waals surface area (Å²) >= 11 is 0. The average Bonchev–Trinajstić information content (AvgIpc) is 2.33. The van der Waals surface area contributed by atoms with Crippen LogP contribution in [0.3, 0.4) is 0 Å². The molecule has 0 aromatic rings. The fourth-order valence-corrected chi connectivity index (χ4v) is 2.17. The average molecular weight is 294 g/mol. The van der Waals surface area contributed by atoms with Crippen molar-refractivity contribution in [3.8, 4) is 0 Å². The normalized spacial score (nSPS) is 14.5. The Balaban J connectivity index is 3.89. The van der Waals surface area contributed by atoms with E-state index >= 15 is 0 Å². The van der Waals surface area contributed by atoms with Gasteiger partial charge in [0.25, 0.3) is 0 Å². The topological polar surface area (TPSA) is 26.3 Å². The molecule has 0 spiro atoms. The molecule has 0 bridgehead atoms. The molecular weight excluding hydrogens is 260 g/mol. The highest BCUT2D eigenvalue weighted by Crippen LogP contribution is 2.23. The Hall–Kier alpha value is -1.05. The molecule has 0 amide bonds. The first-order valence-corrected chi connectivity index (χ1v) is 8.26. The van der Waals surface area contributed by atoms with E-state index in [9.17, 15) is 4.79 Å². The standard InChI is InChI=1S/C19H34O2/c1-7-21-18(20)15-17(3)13-10-12-16(2)11-8-9-14-19(4,5)6/h10,13,15-16H,7-9,11-12,14H2,1-6H3/b13-10+,17-15+. The molecule has 0 fully saturated rings. The molecule has 0 saturated carbocycles. The number of allylic oxidation sites excluding steroid dienone is 3.